The normalized spacial score (nSPS) is 21.9. The number of likely N-dealkylation sites (N-methyl/N-ethyl adjacent to an activating group) is 2. The van der Waals surface area contributed by atoms with Crippen LogP contribution < -0.4 is 37.8 Å². The highest BCUT2D eigenvalue weighted by atomic mass is 35.7. The van der Waals surface area contributed by atoms with E-state index in [4.69, 9.17) is 42.5 Å². The Labute approximate surface area is 447 Å². The van der Waals surface area contributed by atoms with Crippen molar-refractivity contribution in [1.29, 1.82) is 0 Å². The van der Waals surface area contributed by atoms with Gasteiger partial charge in [0.25, 0.3) is 0 Å². The zero-order chi connectivity index (χ0) is 53.8. The van der Waals surface area contributed by atoms with Crippen LogP contribution in [0.3, 0.4) is 0 Å². The van der Waals surface area contributed by atoms with Crippen LogP contribution in [0.4, 0.5) is 22.7 Å². The van der Waals surface area contributed by atoms with E-state index in [9.17, 15) is 0 Å². The number of benzene rings is 4. The van der Waals surface area contributed by atoms with Crippen LogP contribution >= 0.6 is 0 Å². The molecule has 0 amide bonds. The predicted molar refractivity (Wildman–Crippen MR) is 275 cm³/mol. The van der Waals surface area contributed by atoms with Gasteiger partial charge in [0.1, 0.15) is 20.3 Å². The number of fused-ring (bicyclic) bond motifs is 8. The molecule has 3 N–H and O–H groups in total. The lowest BCUT2D eigenvalue weighted by Crippen LogP contribution is -2.58. The third kappa shape index (κ3) is 11.3. The Morgan fingerprint density at radius 3 is 1.23 bits per heavy atom. The van der Waals surface area contributed by atoms with E-state index in [0.717, 1.165) is 18.6 Å². The highest BCUT2D eigenvalue weighted by Gasteiger charge is 2.54. The van der Waals surface area contributed by atoms with E-state index in [1.165, 1.54) is 155 Å². The van der Waals surface area contributed by atoms with E-state index in [2.05, 4.69) is 162 Å². The summed E-state index contributed by atoms with van der Waals surface area (Å²) in [7, 11) is -0.543. The highest BCUT2D eigenvalue weighted by molar-refractivity contribution is 6.33. The second-order valence-corrected chi connectivity index (χ2v) is 23.2. The fourth-order valence-corrected chi connectivity index (χ4v) is 14.7. The third-order valence-electron chi connectivity index (χ3n) is 17.9. The maximum Gasteiger partial charge on any atom is 0.214 e. The second-order valence-electron chi connectivity index (χ2n) is 21.7. The maximum atomic E-state index is 8.96. The largest absolute Gasteiger partial charge is 0.411 e. The number of anilines is 2. The van der Waals surface area contributed by atoms with E-state index in [1.54, 1.807) is 28.8 Å². The van der Waals surface area contributed by atoms with Gasteiger partial charge in [0.2, 0.25) is 17.1 Å². The average Bonchev–Trinajstić information content (AvgIpc) is 4.00. The molecular formula is C59H75Cl2N5O9+2. The molecule has 4 fully saturated rings. The minimum Gasteiger partial charge on any atom is -0.411 e. The molecule has 4 spiro atoms. The molecule has 4 aliphatic heterocycles. The van der Waals surface area contributed by atoms with E-state index < -0.39 is 20.5 Å². The number of para-hydroxylation sites is 4. The molecule has 75 heavy (non-hydrogen) atoms. The van der Waals surface area contributed by atoms with Crippen molar-refractivity contribution in [1.82, 2.24) is 0 Å². The Kier molecular flexibility index (Phi) is 17.2. The first-order valence-electron chi connectivity index (χ1n) is 26.7. The number of rotatable bonds is 2. The van der Waals surface area contributed by atoms with Gasteiger partial charge in [0.15, 0.2) is 5.71 Å². The third-order valence-corrected chi connectivity index (χ3v) is 17.9. The summed E-state index contributed by atoms with van der Waals surface area (Å²) >= 11 is 0. The van der Waals surface area contributed by atoms with Crippen molar-refractivity contribution in [2.24, 2.45) is 5.16 Å². The average molecular weight is 1070 g/mol. The van der Waals surface area contributed by atoms with Crippen LogP contribution in [0.5, 0.6) is 0 Å². The Bertz CT molecular complexity index is 2780. The molecule has 0 bridgehead atoms. The molecule has 0 atom stereocenters. The summed E-state index contributed by atoms with van der Waals surface area (Å²) in [5.41, 5.74) is 17.8. The number of halogens is 2. The lowest BCUT2D eigenvalue weighted by molar-refractivity contribution is -1.92. The number of hydrogen-bond acceptors (Lipinski definition) is 12. The summed E-state index contributed by atoms with van der Waals surface area (Å²) in [6.07, 6.45) is 30.4. The maximum absolute atomic E-state index is 8.96. The fourth-order valence-electron chi connectivity index (χ4n) is 14.7. The molecule has 4 aromatic rings. The topological polar surface area (TPSA) is 224 Å². The van der Waals surface area contributed by atoms with Gasteiger partial charge in [-0.05, 0) is 74.6 Å². The van der Waals surface area contributed by atoms with E-state index in [-0.39, 0.29) is 21.7 Å². The Morgan fingerprint density at radius 1 is 0.480 bits per heavy atom. The van der Waals surface area contributed by atoms with Crippen LogP contribution in [0, 0.1) is 20.5 Å². The minimum absolute atomic E-state index is 0.0792. The molecular weight excluding hydrogens is 994 g/mol. The summed E-state index contributed by atoms with van der Waals surface area (Å²) in [4.78, 5) is 4.82. The molecule has 8 aliphatic rings. The standard InChI is InChI=1S/C29H35N2.C15H18N2O.C15H19N.2ClHO4/c1-30-24-15-7-5-13-22(24)28(17-9-3-10-18-28)26(30)21-27-29(19-11-4-12-20-29)23-14-6-8-16-25(23)31(27)2;1-17-13-8-4-3-7-12(13)15(14(17)11-16-18)9-5-2-6-10-15;1-12-15(10-6-3-7-11-15)13-8-4-5-9-14(13)16(12)2;2*2-1(3,4)5/h5-8,13-16,21H,3-4,9-12,17-20H2,1-2H3;3-4,7-8,11H,2,5-6,9-10H2,1H3;4-5,8-9H,1,3,6-7,10-11H2,2H3;2*(H,2,3,4,5)/q+1;;;;/p+1. The summed E-state index contributed by atoms with van der Waals surface area (Å²) in [5.74, 6) is 0. The monoisotopic (exact) mass is 1070 g/mol. The number of nitrogens with zero attached hydrogens (tertiary/aromatic N) is 5. The molecule has 16 heteroatoms. The fraction of sp³-hybridized carbons (Fsp3) is 0.475. The molecule has 4 saturated carbocycles. The van der Waals surface area contributed by atoms with Gasteiger partial charge in [-0.3, -0.25) is 0 Å². The van der Waals surface area contributed by atoms with Gasteiger partial charge < -0.3 is 15.0 Å². The predicted octanol–water partition coefficient (Wildman–Crippen LogP) is 5.53. The van der Waals surface area contributed by atoms with Gasteiger partial charge in [-0.1, -0.05) is 162 Å². The van der Waals surface area contributed by atoms with E-state index in [1.807, 2.05) is 0 Å². The molecule has 0 saturated heterocycles. The zero-order valence-electron chi connectivity index (χ0n) is 44.0. The van der Waals surface area contributed by atoms with Gasteiger partial charge in [0, 0.05) is 77.0 Å². The summed E-state index contributed by atoms with van der Waals surface area (Å²) in [5, 5.41) is 12.3. The summed E-state index contributed by atoms with van der Waals surface area (Å²) in [6.45, 7) is 4.35. The molecule has 0 aromatic heterocycles. The van der Waals surface area contributed by atoms with Gasteiger partial charge >= 0.3 is 0 Å². The second kappa shape index (κ2) is 22.9. The lowest BCUT2D eigenvalue weighted by Gasteiger charge is -2.37. The van der Waals surface area contributed by atoms with Crippen molar-refractivity contribution in [3.05, 3.63) is 143 Å². The SMILES string of the molecule is C=C1N(C)c2ccccc2C12CCCCC2.CN1C(=CC2=[N+](C)c3ccccc3C23CCCCC3)C2(CCCCC2)c2ccccc21.C[N+]1=C(C=NO)C2(CCCCC2)c2ccccc21.[O-][Cl+3]([O-])([O-])O.[O-][Cl+3]([O-])([O-])O. The molecule has 0 unspecified atom stereocenters. The molecule has 402 valence electrons. The summed E-state index contributed by atoms with van der Waals surface area (Å²) < 4.78 is 70.2. The smallest absolute Gasteiger partial charge is 0.214 e. The molecule has 4 aromatic carbocycles. The van der Waals surface area contributed by atoms with Crippen molar-refractivity contribution in [3.8, 4) is 0 Å². The minimum atomic E-state index is -4.69. The van der Waals surface area contributed by atoms with Crippen LogP contribution in [0.25, 0.3) is 0 Å². The van der Waals surface area contributed by atoms with Crippen LogP contribution in [0.2, 0.25) is 0 Å². The van der Waals surface area contributed by atoms with E-state index >= 15 is 0 Å². The molecule has 14 nitrogen and oxygen atoms in total. The van der Waals surface area contributed by atoms with Gasteiger partial charge in [-0.15, -0.1) is 0 Å². The Hall–Kier alpha value is -4.97. The molecule has 4 heterocycles. The van der Waals surface area contributed by atoms with Crippen molar-refractivity contribution >= 4 is 40.4 Å². The van der Waals surface area contributed by atoms with Crippen LogP contribution in [-0.2, 0) is 21.7 Å². The van der Waals surface area contributed by atoms with Crippen molar-refractivity contribution < 1.29 is 72.1 Å². The van der Waals surface area contributed by atoms with Crippen molar-refractivity contribution in [3.63, 3.8) is 0 Å². The number of hydrogen-bond donors (Lipinski definition) is 3. The number of oxime groups is 1. The van der Waals surface area contributed by atoms with Gasteiger partial charge in [-0.25, -0.2) is 0 Å². The van der Waals surface area contributed by atoms with Crippen LogP contribution in [0.1, 0.15) is 151 Å². The highest BCUT2D eigenvalue weighted by Crippen LogP contribution is 2.57. The lowest BCUT2D eigenvalue weighted by atomic mass is 9.65. The first-order valence-corrected chi connectivity index (χ1v) is 29.2. The summed E-state index contributed by atoms with van der Waals surface area (Å²) in [6, 6.07) is 35.8. The molecule has 0 radical (unpaired) electrons. The quantitative estimate of drug-likeness (QED) is 0.0980. The van der Waals surface area contributed by atoms with Crippen molar-refractivity contribution in [2.45, 2.75) is 150 Å². The van der Waals surface area contributed by atoms with Crippen LogP contribution in [0.15, 0.2) is 126 Å². The van der Waals surface area contributed by atoms with Crippen LogP contribution in [-0.4, -0.2) is 69.5 Å². The first-order chi connectivity index (χ1) is 35.7. The van der Waals surface area contributed by atoms with E-state index in [0.29, 0.717) is 0 Å². The molecule has 12 rings (SSSR count). The zero-order valence-corrected chi connectivity index (χ0v) is 45.5. The Morgan fingerprint density at radius 2 is 0.800 bits per heavy atom. The Balaban J connectivity index is 0.000000145. The molecule has 4 aliphatic carbocycles. The van der Waals surface area contributed by atoms with Gasteiger partial charge in [0.05, 0.1) is 40.6 Å². The number of allylic oxidation sites excluding steroid dienone is 3. The first kappa shape index (κ1) is 56.2. The van der Waals surface area contributed by atoms with Gasteiger partial charge in [-0.2, -0.15) is 37.1 Å². The van der Waals surface area contributed by atoms with Crippen molar-refractivity contribution in [2.75, 3.05) is 38.0 Å².